The smallest absolute Gasteiger partial charge is 0.404 e. The molecular weight excluding hydrogens is 310 g/mol. The number of nitrogens with zero attached hydrogens (tertiary/aromatic N) is 4. The minimum Gasteiger partial charge on any atom is -0.473 e. The normalized spacial score (nSPS) is 28.0. The summed E-state index contributed by atoms with van der Waals surface area (Å²) in [7, 11) is 1.80. The van der Waals surface area contributed by atoms with Gasteiger partial charge in [-0.15, -0.1) is 0 Å². The van der Waals surface area contributed by atoms with Gasteiger partial charge in [-0.2, -0.15) is 15.3 Å². The van der Waals surface area contributed by atoms with E-state index in [1.807, 2.05) is 0 Å². The third kappa shape index (κ3) is 2.33. The van der Waals surface area contributed by atoms with Crippen molar-refractivity contribution >= 4 is 17.1 Å². The number of hydrogen-bond donors (Lipinski definition) is 1. The zero-order valence-electron chi connectivity index (χ0n) is 13.2. The highest BCUT2D eigenvalue weighted by Gasteiger charge is 2.55. The number of ether oxygens (including phenoxy) is 2. The van der Waals surface area contributed by atoms with E-state index >= 15 is 0 Å². The molecule has 2 aliphatic rings. The minimum atomic E-state index is -0.714. The Labute approximate surface area is 138 Å². The molecule has 2 aromatic heterocycles. The van der Waals surface area contributed by atoms with Gasteiger partial charge >= 0.3 is 6.09 Å². The average molecular weight is 327 g/mol. The Kier molecular flexibility index (Phi) is 3.13. The molecule has 2 N–H and O–H groups in total. The van der Waals surface area contributed by atoms with Gasteiger partial charge in [0.25, 0.3) is 0 Å². The van der Waals surface area contributed by atoms with Crippen molar-refractivity contribution in [2.45, 2.75) is 37.9 Å². The van der Waals surface area contributed by atoms with Gasteiger partial charge in [0.1, 0.15) is 23.8 Å². The summed E-state index contributed by atoms with van der Waals surface area (Å²) in [5.41, 5.74) is 6.33. The minimum absolute atomic E-state index is 0.0322. The van der Waals surface area contributed by atoms with Gasteiger partial charge in [0.05, 0.1) is 6.20 Å². The molecule has 8 nitrogen and oxygen atoms in total. The van der Waals surface area contributed by atoms with E-state index < -0.39 is 6.09 Å². The van der Waals surface area contributed by atoms with Crippen molar-refractivity contribution in [2.75, 3.05) is 0 Å². The fourth-order valence-electron chi connectivity index (χ4n) is 3.86. The quantitative estimate of drug-likeness (QED) is 0.915. The fourth-order valence-corrected chi connectivity index (χ4v) is 3.86. The molecule has 24 heavy (non-hydrogen) atoms. The molecule has 2 fully saturated rings. The topological polar surface area (TPSA) is 116 Å². The van der Waals surface area contributed by atoms with Crippen molar-refractivity contribution in [2.24, 2.45) is 18.2 Å². The summed E-state index contributed by atoms with van der Waals surface area (Å²) in [4.78, 5) is 15.2. The first-order valence-electron chi connectivity index (χ1n) is 7.84. The van der Waals surface area contributed by atoms with Crippen LogP contribution in [0, 0.1) is 16.7 Å². The highest BCUT2D eigenvalue weighted by molar-refractivity contribution is 5.77. The van der Waals surface area contributed by atoms with Crippen molar-refractivity contribution in [3.63, 3.8) is 0 Å². The maximum Gasteiger partial charge on any atom is 0.404 e. The summed E-state index contributed by atoms with van der Waals surface area (Å²) < 4.78 is 12.6. The Morgan fingerprint density at radius 1 is 1.42 bits per heavy atom. The number of carbonyl (C=O) groups excluding carboxylic acids is 1. The zero-order chi connectivity index (χ0) is 16.9. The SMILES string of the molecule is Cn1ncc2cc(C#N)c(OC3CC4(CC(OC(N)=O)C4)C3)nc21. The maximum absolute atomic E-state index is 10.7. The van der Waals surface area contributed by atoms with Gasteiger partial charge in [-0.1, -0.05) is 0 Å². The Morgan fingerprint density at radius 2 is 2.12 bits per heavy atom. The van der Waals surface area contributed by atoms with Gasteiger partial charge in [-0.05, 0) is 37.2 Å². The lowest BCUT2D eigenvalue weighted by molar-refractivity contribution is -0.132. The molecule has 0 unspecified atom stereocenters. The van der Waals surface area contributed by atoms with E-state index in [-0.39, 0.29) is 17.6 Å². The second kappa shape index (κ2) is 5.09. The van der Waals surface area contributed by atoms with E-state index in [0.29, 0.717) is 17.1 Å². The first-order valence-corrected chi connectivity index (χ1v) is 7.84. The molecule has 0 atom stereocenters. The van der Waals surface area contributed by atoms with E-state index in [1.54, 1.807) is 24.0 Å². The largest absolute Gasteiger partial charge is 0.473 e. The second-order valence-electron chi connectivity index (χ2n) is 6.75. The van der Waals surface area contributed by atoms with Crippen LogP contribution in [0.2, 0.25) is 0 Å². The van der Waals surface area contributed by atoms with Crippen molar-refractivity contribution in [1.29, 1.82) is 5.26 Å². The third-order valence-electron chi connectivity index (χ3n) is 5.00. The van der Waals surface area contributed by atoms with Gasteiger partial charge in [-0.25, -0.2) is 4.79 Å². The van der Waals surface area contributed by atoms with Crippen molar-refractivity contribution < 1.29 is 14.3 Å². The number of hydrogen-bond acceptors (Lipinski definition) is 6. The molecule has 0 saturated heterocycles. The number of carbonyl (C=O) groups is 1. The van der Waals surface area contributed by atoms with Gasteiger partial charge in [0.2, 0.25) is 5.88 Å². The molecule has 0 bridgehead atoms. The second-order valence-corrected chi connectivity index (χ2v) is 6.75. The molecule has 1 spiro atoms. The molecule has 8 heteroatoms. The summed E-state index contributed by atoms with van der Waals surface area (Å²) >= 11 is 0. The Morgan fingerprint density at radius 3 is 2.79 bits per heavy atom. The molecule has 1 amide bonds. The van der Waals surface area contributed by atoms with Crippen LogP contribution >= 0.6 is 0 Å². The fraction of sp³-hybridized carbons (Fsp3) is 0.500. The molecule has 2 saturated carbocycles. The summed E-state index contributed by atoms with van der Waals surface area (Å²) in [5, 5.41) is 14.3. The van der Waals surface area contributed by atoms with Gasteiger partial charge in [0.15, 0.2) is 5.65 Å². The standard InChI is InChI=1S/C16H17N5O3/c1-21-13-10(8-19-21)2-9(7-17)14(20-13)23-11-3-16(4-11)5-12(6-16)24-15(18)22/h2,8,11-12H,3-6H2,1H3,(H2,18,22). The summed E-state index contributed by atoms with van der Waals surface area (Å²) in [5.74, 6) is 0.359. The van der Waals surface area contributed by atoms with E-state index in [0.717, 1.165) is 31.1 Å². The van der Waals surface area contributed by atoms with Gasteiger partial charge in [-0.3, -0.25) is 4.68 Å². The lowest BCUT2D eigenvalue weighted by Crippen LogP contribution is -2.55. The van der Waals surface area contributed by atoms with Crippen LogP contribution in [0.1, 0.15) is 31.2 Å². The van der Waals surface area contributed by atoms with Crippen LogP contribution in [-0.4, -0.2) is 33.1 Å². The third-order valence-corrected chi connectivity index (χ3v) is 5.00. The highest BCUT2D eigenvalue weighted by Crippen LogP contribution is 2.57. The van der Waals surface area contributed by atoms with Crippen molar-refractivity contribution in [3.8, 4) is 11.9 Å². The maximum atomic E-state index is 10.7. The number of fused-ring (bicyclic) bond motifs is 1. The average Bonchev–Trinajstić information content (AvgIpc) is 2.82. The van der Waals surface area contributed by atoms with Crippen LogP contribution in [0.3, 0.4) is 0 Å². The molecular formula is C16H17N5O3. The van der Waals surface area contributed by atoms with E-state index in [2.05, 4.69) is 16.2 Å². The molecule has 2 heterocycles. The summed E-state index contributed by atoms with van der Waals surface area (Å²) in [6, 6.07) is 3.88. The zero-order valence-corrected chi connectivity index (χ0v) is 13.2. The number of pyridine rings is 1. The first-order chi connectivity index (χ1) is 11.5. The number of nitrogens with two attached hydrogens (primary N) is 1. The van der Waals surface area contributed by atoms with Gasteiger partial charge < -0.3 is 15.2 Å². The number of rotatable bonds is 3. The number of nitriles is 1. The Balaban J connectivity index is 1.43. The Hall–Kier alpha value is -2.82. The highest BCUT2D eigenvalue weighted by atomic mass is 16.6. The molecule has 0 radical (unpaired) electrons. The van der Waals surface area contributed by atoms with E-state index in [1.165, 1.54) is 0 Å². The molecule has 4 rings (SSSR count). The number of primary amides is 1. The van der Waals surface area contributed by atoms with Crippen LogP contribution < -0.4 is 10.5 Å². The van der Waals surface area contributed by atoms with Crippen molar-refractivity contribution in [1.82, 2.24) is 14.8 Å². The number of amides is 1. The molecule has 0 aliphatic heterocycles. The van der Waals surface area contributed by atoms with Crippen LogP contribution in [-0.2, 0) is 11.8 Å². The monoisotopic (exact) mass is 327 g/mol. The summed E-state index contributed by atoms with van der Waals surface area (Å²) in [6.07, 6.45) is 4.34. The Bertz CT molecular complexity index is 854. The van der Waals surface area contributed by atoms with Crippen molar-refractivity contribution in [3.05, 3.63) is 17.8 Å². The van der Waals surface area contributed by atoms with Gasteiger partial charge in [0, 0.05) is 12.4 Å². The number of aromatic nitrogens is 3. The molecule has 0 aromatic carbocycles. The van der Waals surface area contributed by atoms with Crippen LogP contribution in [0.4, 0.5) is 4.79 Å². The molecule has 2 aliphatic carbocycles. The lowest BCUT2D eigenvalue weighted by atomic mass is 9.53. The predicted molar refractivity (Wildman–Crippen MR) is 83.0 cm³/mol. The number of aryl methyl sites for hydroxylation is 1. The lowest BCUT2D eigenvalue weighted by Gasteiger charge is -2.56. The van der Waals surface area contributed by atoms with Crippen LogP contribution in [0.25, 0.3) is 11.0 Å². The molecule has 124 valence electrons. The predicted octanol–water partition coefficient (Wildman–Crippen LogP) is 1.63. The van der Waals surface area contributed by atoms with E-state index in [9.17, 15) is 10.1 Å². The van der Waals surface area contributed by atoms with E-state index in [4.69, 9.17) is 15.2 Å². The summed E-state index contributed by atoms with van der Waals surface area (Å²) in [6.45, 7) is 0. The van der Waals surface area contributed by atoms with Crippen LogP contribution in [0.15, 0.2) is 12.3 Å². The molecule has 2 aromatic rings. The first kappa shape index (κ1) is 14.8. The van der Waals surface area contributed by atoms with Crippen LogP contribution in [0.5, 0.6) is 5.88 Å².